The summed E-state index contributed by atoms with van der Waals surface area (Å²) in [6.07, 6.45) is 5.78. The Balaban J connectivity index is 1.54. The Kier molecular flexibility index (Phi) is 7.40. The summed E-state index contributed by atoms with van der Waals surface area (Å²) in [6, 6.07) is 5.75. The quantitative estimate of drug-likeness (QED) is 0.538. The topological polar surface area (TPSA) is 102 Å². The van der Waals surface area contributed by atoms with E-state index >= 15 is 0 Å². The van der Waals surface area contributed by atoms with E-state index in [-0.39, 0.29) is 23.7 Å². The van der Waals surface area contributed by atoms with Gasteiger partial charge in [0.25, 0.3) is 0 Å². The van der Waals surface area contributed by atoms with Crippen molar-refractivity contribution in [1.82, 2.24) is 19.7 Å². The molecule has 170 valence electrons. The van der Waals surface area contributed by atoms with E-state index in [1.807, 2.05) is 31.4 Å². The molecule has 0 atom stereocenters. The molecule has 0 aliphatic rings. The molecule has 8 nitrogen and oxygen atoms in total. The van der Waals surface area contributed by atoms with Crippen molar-refractivity contribution in [3.8, 4) is 0 Å². The van der Waals surface area contributed by atoms with Gasteiger partial charge in [0.1, 0.15) is 16.6 Å². The Labute approximate surface area is 192 Å². The zero-order valence-corrected chi connectivity index (χ0v) is 20.0. The van der Waals surface area contributed by atoms with Gasteiger partial charge in [0.2, 0.25) is 11.8 Å². The maximum absolute atomic E-state index is 12.5. The first-order valence-corrected chi connectivity index (χ1v) is 11.5. The van der Waals surface area contributed by atoms with Crippen molar-refractivity contribution in [3.63, 3.8) is 0 Å². The average molecular weight is 455 g/mol. The van der Waals surface area contributed by atoms with E-state index in [0.29, 0.717) is 18.1 Å². The maximum Gasteiger partial charge on any atom is 0.232 e. The van der Waals surface area contributed by atoms with E-state index in [1.165, 1.54) is 0 Å². The molecule has 0 radical (unpaired) electrons. The van der Waals surface area contributed by atoms with Crippen LogP contribution in [0.1, 0.15) is 55.3 Å². The van der Waals surface area contributed by atoms with Gasteiger partial charge in [-0.1, -0.05) is 27.7 Å². The zero-order valence-electron chi connectivity index (χ0n) is 19.2. The summed E-state index contributed by atoms with van der Waals surface area (Å²) in [5, 5.41) is 11.0. The van der Waals surface area contributed by atoms with Crippen LogP contribution in [-0.2, 0) is 41.3 Å². The molecule has 0 aromatic carbocycles. The highest BCUT2D eigenvalue weighted by Gasteiger charge is 2.20. The molecule has 2 amide bonds. The van der Waals surface area contributed by atoms with Crippen molar-refractivity contribution in [2.24, 2.45) is 7.05 Å². The standard InChI is InChI=1S/C23H30N6O2S/c1-6-20(30)26-18-11-15(9-10-24-18)7-8-16-14-25-22(32-16)13-21(31)27-19-12-17(23(2,3)4)28-29(19)5/h9-12,14H,6-8,13H2,1-5H3,(H,27,31)(H,24,26,30). The van der Waals surface area contributed by atoms with E-state index in [9.17, 15) is 9.59 Å². The summed E-state index contributed by atoms with van der Waals surface area (Å²) in [5.41, 5.74) is 1.94. The number of hydrogen-bond acceptors (Lipinski definition) is 6. The lowest BCUT2D eigenvalue weighted by Gasteiger charge is -2.13. The number of pyridine rings is 1. The number of nitrogens with zero attached hydrogens (tertiary/aromatic N) is 4. The zero-order chi connectivity index (χ0) is 23.3. The van der Waals surface area contributed by atoms with Crippen LogP contribution in [0, 0.1) is 0 Å². The van der Waals surface area contributed by atoms with Crippen molar-refractivity contribution in [2.45, 2.75) is 58.8 Å². The first kappa shape index (κ1) is 23.6. The van der Waals surface area contributed by atoms with Gasteiger partial charge < -0.3 is 10.6 Å². The van der Waals surface area contributed by atoms with E-state index < -0.39 is 0 Å². The Morgan fingerprint density at radius 3 is 2.56 bits per heavy atom. The lowest BCUT2D eigenvalue weighted by Crippen LogP contribution is -2.16. The highest BCUT2D eigenvalue weighted by molar-refractivity contribution is 7.11. The predicted molar refractivity (Wildman–Crippen MR) is 127 cm³/mol. The lowest BCUT2D eigenvalue weighted by molar-refractivity contribution is -0.116. The van der Waals surface area contributed by atoms with E-state index in [2.05, 4.69) is 46.5 Å². The van der Waals surface area contributed by atoms with Crippen molar-refractivity contribution in [1.29, 1.82) is 0 Å². The molecule has 3 aromatic heterocycles. The summed E-state index contributed by atoms with van der Waals surface area (Å²) < 4.78 is 1.69. The molecular weight excluding hydrogens is 424 g/mol. The summed E-state index contributed by atoms with van der Waals surface area (Å²) in [5.74, 6) is 1.08. The Bertz CT molecular complexity index is 1100. The maximum atomic E-state index is 12.5. The number of anilines is 2. The number of aromatic nitrogens is 4. The first-order valence-electron chi connectivity index (χ1n) is 10.7. The molecule has 0 unspecified atom stereocenters. The first-order chi connectivity index (χ1) is 15.1. The summed E-state index contributed by atoms with van der Waals surface area (Å²) in [4.78, 5) is 33.8. The molecule has 0 bridgehead atoms. The second-order valence-corrected chi connectivity index (χ2v) is 9.88. The molecule has 0 fully saturated rings. The third-order valence-corrected chi connectivity index (χ3v) is 5.96. The number of nitrogens with one attached hydrogen (secondary N) is 2. The van der Waals surface area contributed by atoms with Crippen LogP contribution in [0.3, 0.4) is 0 Å². The summed E-state index contributed by atoms with van der Waals surface area (Å²) >= 11 is 1.54. The smallest absolute Gasteiger partial charge is 0.232 e. The number of amides is 2. The van der Waals surface area contributed by atoms with Gasteiger partial charge in [-0.2, -0.15) is 5.10 Å². The Morgan fingerprint density at radius 2 is 1.88 bits per heavy atom. The third kappa shape index (κ3) is 6.46. The van der Waals surface area contributed by atoms with Crippen molar-refractivity contribution < 1.29 is 9.59 Å². The minimum Gasteiger partial charge on any atom is -0.311 e. The molecule has 0 spiro atoms. The third-order valence-electron chi connectivity index (χ3n) is 4.90. The molecule has 0 aliphatic carbocycles. The van der Waals surface area contributed by atoms with Crippen LogP contribution in [0.5, 0.6) is 0 Å². The van der Waals surface area contributed by atoms with Crippen LogP contribution in [-0.4, -0.2) is 31.6 Å². The molecule has 3 aromatic rings. The van der Waals surface area contributed by atoms with Crippen LogP contribution in [0.15, 0.2) is 30.6 Å². The highest BCUT2D eigenvalue weighted by Crippen LogP contribution is 2.24. The van der Waals surface area contributed by atoms with Gasteiger partial charge in [0.05, 0.1) is 12.1 Å². The molecule has 0 saturated carbocycles. The summed E-state index contributed by atoms with van der Waals surface area (Å²) in [7, 11) is 1.82. The van der Waals surface area contributed by atoms with Crippen molar-refractivity contribution in [2.75, 3.05) is 10.6 Å². The van der Waals surface area contributed by atoms with Gasteiger partial charge in [0.15, 0.2) is 0 Å². The van der Waals surface area contributed by atoms with Gasteiger partial charge in [-0.3, -0.25) is 14.3 Å². The van der Waals surface area contributed by atoms with Crippen molar-refractivity contribution in [3.05, 3.63) is 51.7 Å². The molecule has 3 rings (SSSR count). The molecular formula is C23H30N6O2S. The average Bonchev–Trinajstić information content (AvgIpc) is 3.33. The highest BCUT2D eigenvalue weighted by atomic mass is 32.1. The molecule has 9 heteroatoms. The number of carbonyl (C=O) groups excluding carboxylic acids is 2. The predicted octanol–water partition coefficient (Wildman–Crippen LogP) is 3.88. The number of hydrogen-bond donors (Lipinski definition) is 2. The fraction of sp³-hybridized carbons (Fsp3) is 0.435. The van der Waals surface area contributed by atoms with Crippen LogP contribution < -0.4 is 10.6 Å². The largest absolute Gasteiger partial charge is 0.311 e. The normalized spacial score (nSPS) is 11.4. The van der Waals surface area contributed by atoms with Gasteiger partial charge in [-0.25, -0.2) is 9.97 Å². The van der Waals surface area contributed by atoms with Gasteiger partial charge in [-0.05, 0) is 30.5 Å². The molecule has 0 saturated heterocycles. The molecule has 2 N–H and O–H groups in total. The minimum atomic E-state index is -0.111. The van der Waals surface area contributed by atoms with Crippen LogP contribution in [0.2, 0.25) is 0 Å². The minimum absolute atomic E-state index is 0.0548. The number of rotatable bonds is 8. The number of carbonyl (C=O) groups is 2. The van der Waals surface area contributed by atoms with Gasteiger partial charge in [0, 0.05) is 42.2 Å². The number of aryl methyl sites for hydroxylation is 3. The molecule has 0 aliphatic heterocycles. The van der Waals surface area contributed by atoms with E-state index in [1.54, 1.807) is 29.1 Å². The van der Waals surface area contributed by atoms with Gasteiger partial charge in [-0.15, -0.1) is 11.3 Å². The fourth-order valence-electron chi connectivity index (χ4n) is 3.02. The van der Waals surface area contributed by atoms with Gasteiger partial charge >= 0.3 is 0 Å². The van der Waals surface area contributed by atoms with Crippen LogP contribution in [0.25, 0.3) is 0 Å². The van der Waals surface area contributed by atoms with Crippen molar-refractivity contribution >= 4 is 34.8 Å². The van der Waals surface area contributed by atoms with Crippen LogP contribution in [0.4, 0.5) is 11.6 Å². The second-order valence-electron chi connectivity index (χ2n) is 8.68. The second kappa shape index (κ2) is 10.0. The Hall–Kier alpha value is -3.07. The number of thiazole rings is 1. The molecule has 3 heterocycles. The monoisotopic (exact) mass is 454 g/mol. The molecule has 32 heavy (non-hydrogen) atoms. The summed E-state index contributed by atoms with van der Waals surface area (Å²) in [6.45, 7) is 8.07. The van der Waals surface area contributed by atoms with E-state index in [4.69, 9.17) is 0 Å². The van der Waals surface area contributed by atoms with Crippen LogP contribution >= 0.6 is 11.3 Å². The SMILES string of the molecule is CCC(=O)Nc1cc(CCc2cnc(CC(=O)Nc3cc(C(C)(C)C)nn3C)s2)ccn1. The van der Waals surface area contributed by atoms with E-state index in [0.717, 1.165) is 34.0 Å². The fourth-order valence-corrected chi connectivity index (χ4v) is 3.94. The Morgan fingerprint density at radius 1 is 1.09 bits per heavy atom. The lowest BCUT2D eigenvalue weighted by atomic mass is 9.92.